The third-order valence-electron chi connectivity index (χ3n) is 11.3. The summed E-state index contributed by atoms with van der Waals surface area (Å²) in [6.45, 7) is 7.72. The first-order chi connectivity index (χ1) is 23.6. The van der Waals surface area contributed by atoms with Gasteiger partial charge in [0.2, 0.25) is 0 Å². The van der Waals surface area contributed by atoms with Crippen LogP contribution in [0.5, 0.6) is 0 Å². The van der Waals surface area contributed by atoms with Crippen LogP contribution in [0, 0.1) is 25.7 Å². The van der Waals surface area contributed by atoms with Gasteiger partial charge < -0.3 is 14.9 Å². The Labute approximate surface area is 345 Å². The van der Waals surface area contributed by atoms with Gasteiger partial charge in [-0.2, -0.15) is 12.1 Å². The standard InChI is InChI=1S/2C23H25.2CH3.2ClH.Si.Zr/c2*1-2-12-23(13-7-14-23)17-18-15-20-10-6-11-21(22(20)16-18)19-8-4-3-5-9-19;;;;;;/h2*3-6,8-11,15-16H,2,7,12-14,17H2,1H3;2*1H3;2*1H;;/q4*-1;;;;. The van der Waals surface area contributed by atoms with Crippen molar-refractivity contribution in [1.82, 2.24) is 0 Å². The fourth-order valence-corrected chi connectivity index (χ4v) is 8.85. The van der Waals surface area contributed by atoms with Crippen LogP contribution in [0.25, 0.3) is 43.8 Å². The summed E-state index contributed by atoms with van der Waals surface area (Å²) >= 11 is 1.36. The molecular formula is C48H58Cl2SiZr-4. The molecule has 2 aliphatic rings. The van der Waals surface area contributed by atoms with Crippen LogP contribution in [-0.4, -0.2) is 6.88 Å². The molecule has 2 saturated carbocycles. The summed E-state index contributed by atoms with van der Waals surface area (Å²) in [4.78, 5) is 0. The second kappa shape index (κ2) is 21.6. The summed E-state index contributed by atoms with van der Waals surface area (Å²) in [5.74, 6) is 0. The first-order valence-electron chi connectivity index (χ1n) is 18.3. The van der Waals surface area contributed by atoms with Crippen LogP contribution in [0.2, 0.25) is 0 Å². The van der Waals surface area contributed by atoms with Crippen LogP contribution >= 0.6 is 24.8 Å². The van der Waals surface area contributed by atoms with Crippen LogP contribution < -0.4 is 0 Å². The van der Waals surface area contributed by atoms with Crippen LogP contribution in [-0.2, 0) is 36.2 Å². The zero-order valence-corrected chi connectivity index (χ0v) is 36.9. The molecule has 0 unspecified atom stereocenters. The summed E-state index contributed by atoms with van der Waals surface area (Å²) in [6.07, 6.45) is 16.5. The van der Waals surface area contributed by atoms with Crippen molar-refractivity contribution in [2.24, 2.45) is 10.8 Å². The van der Waals surface area contributed by atoms with Crippen LogP contribution in [0.15, 0.2) is 121 Å². The number of halogens is 2. The summed E-state index contributed by atoms with van der Waals surface area (Å²) in [5.41, 5.74) is 9.66. The van der Waals surface area contributed by atoms with E-state index in [2.05, 4.69) is 142 Å². The molecule has 0 atom stereocenters. The third kappa shape index (κ3) is 10.5. The molecule has 276 valence electrons. The summed E-state index contributed by atoms with van der Waals surface area (Å²) in [7, 11) is 0. The molecule has 4 heteroatoms. The van der Waals surface area contributed by atoms with Gasteiger partial charge in [-0.3, -0.25) is 0 Å². The Hall–Kier alpha value is -2.22. The Morgan fingerprint density at radius 1 is 0.538 bits per heavy atom. The van der Waals surface area contributed by atoms with Crippen molar-refractivity contribution in [2.75, 3.05) is 0 Å². The second-order valence-corrected chi connectivity index (χ2v) is 14.6. The molecule has 52 heavy (non-hydrogen) atoms. The average molecular weight is 825 g/mol. The first kappa shape index (κ1) is 45.9. The van der Waals surface area contributed by atoms with Gasteiger partial charge in [-0.05, 0) is 73.3 Å². The number of rotatable bonds is 10. The molecule has 2 aliphatic carbocycles. The van der Waals surface area contributed by atoms with Crippen molar-refractivity contribution in [3.8, 4) is 22.3 Å². The van der Waals surface area contributed by atoms with Gasteiger partial charge in [0.15, 0.2) is 0 Å². The molecule has 0 aliphatic heterocycles. The maximum atomic E-state index is 3.06. The normalized spacial score (nSPS) is 14.6. The van der Waals surface area contributed by atoms with Crippen LogP contribution in [0.3, 0.4) is 0 Å². The summed E-state index contributed by atoms with van der Waals surface area (Å²) in [6, 6.07) is 44.7. The van der Waals surface area contributed by atoms with Gasteiger partial charge in [-0.15, -0.1) is 93.9 Å². The summed E-state index contributed by atoms with van der Waals surface area (Å²) < 4.78 is 0. The molecule has 0 spiro atoms. The predicted molar refractivity (Wildman–Crippen MR) is 233 cm³/mol. The molecule has 0 aromatic heterocycles. The van der Waals surface area contributed by atoms with Crippen molar-refractivity contribution in [3.05, 3.63) is 147 Å². The van der Waals surface area contributed by atoms with E-state index in [1.807, 2.05) is 0 Å². The van der Waals surface area contributed by atoms with E-state index in [-0.39, 0.29) is 39.7 Å². The predicted octanol–water partition coefficient (Wildman–Crippen LogP) is 14.8. The van der Waals surface area contributed by atoms with Gasteiger partial charge in [-0.1, -0.05) is 123 Å². The quantitative estimate of drug-likeness (QED) is 0.0953. The van der Waals surface area contributed by atoms with E-state index in [9.17, 15) is 0 Å². The molecule has 8 rings (SSSR count). The van der Waals surface area contributed by atoms with Gasteiger partial charge in [0.05, 0.1) is 0 Å². The number of hydrogen-bond donors (Lipinski definition) is 0. The van der Waals surface area contributed by atoms with Crippen molar-refractivity contribution < 1.29 is 23.3 Å². The Balaban J connectivity index is 0.000000320. The molecule has 2 radical (unpaired) electrons. The van der Waals surface area contributed by atoms with E-state index in [4.69, 9.17) is 0 Å². The number of fused-ring (bicyclic) bond motifs is 2. The SMILES string of the molecule is CCCC1(Cc2cc3c(-c4ccccc4)cccc3[cH-]2)CCC1.CCCC1(Cc2cc3c(-c4ccccc4)cccc3[cH-]2)CCC1.Cl.Cl.[CH3-].[CH3-].[Si]=[Zr]. The van der Waals surface area contributed by atoms with E-state index in [0.717, 1.165) is 0 Å². The zero-order chi connectivity index (χ0) is 33.4. The molecule has 0 heterocycles. The first-order valence-corrected chi connectivity index (χ1v) is 22.5. The molecule has 0 amide bonds. The van der Waals surface area contributed by atoms with E-state index < -0.39 is 0 Å². The molecule has 6 aromatic carbocycles. The maximum absolute atomic E-state index is 3.06. The second-order valence-electron chi connectivity index (χ2n) is 14.6. The van der Waals surface area contributed by atoms with Gasteiger partial charge in [0, 0.05) is 0 Å². The van der Waals surface area contributed by atoms with Crippen molar-refractivity contribution >= 4 is 53.2 Å². The Kier molecular flexibility index (Phi) is 19.1. The van der Waals surface area contributed by atoms with E-state index in [1.54, 1.807) is 0 Å². The van der Waals surface area contributed by atoms with Gasteiger partial charge >= 0.3 is 30.2 Å². The van der Waals surface area contributed by atoms with Crippen molar-refractivity contribution in [3.63, 3.8) is 0 Å². The topological polar surface area (TPSA) is 0 Å². The average Bonchev–Trinajstić information content (AvgIpc) is 3.71. The number of hydrogen-bond acceptors (Lipinski definition) is 0. The molecule has 6 aromatic rings. The van der Waals surface area contributed by atoms with E-state index in [0.29, 0.717) is 10.8 Å². The minimum atomic E-state index is 0. The van der Waals surface area contributed by atoms with Gasteiger partial charge in [-0.25, -0.2) is 0 Å². The Bertz CT molecular complexity index is 1760. The fraction of sp³-hybridized carbons (Fsp3) is 0.333. The van der Waals surface area contributed by atoms with Crippen LogP contribution in [0.4, 0.5) is 0 Å². The monoisotopic (exact) mass is 822 g/mol. The summed E-state index contributed by atoms with van der Waals surface area (Å²) in [5, 5.41) is 5.62. The fourth-order valence-electron chi connectivity index (χ4n) is 8.85. The molecule has 0 N–H and O–H groups in total. The third-order valence-corrected chi connectivity index (χ3v) is 11.3. The molecular weight excluding hydrogens is 767 g/mol. The van der Waals surface area contributed by atoms with Crippen molar-refractivity contribution in [1.29, 1.82) is 0 Å². The number of benzene rings is 4. The van der Waals surface area contributed by atoms with E-state index in [1.165, 1.54) is 155 Å². The van der Waals surface area contributed by atoms with Crippen LogP contribution in [0.1, 0.15) is 89.2 Å². The Morgan fingerprint density at radius 3 is 1.21 bits per heavy atom. The molecule has 0 bridgehead atoms. The molecule has 0 nitrogen and oxygen atoms in total. The molecule has 2 fully saturated rings. The van der Waals surface area contributed by atoms with E-state index >= 15 is 0 Å². The zero-order valence-electron chi connectivity index (χ0n) is 31.8. The minimum absolute atomic E-state index is 0. The molecule has 0 saturated heterocycles. The van der Waals surface area contributed by atoms with Gasteiger partial charge in [0.25, 0.3) is 0 Å². The van der Waals surface area contributed by atoms with Gasteiger partial charge in [0.1, 0.15) is 0 Å². The Morgan fingerprint density at radius 2 is 0.904 bits per heavy atom. The van der Waals surface area contributed by atoms with Crippen molar-refractivity contribution in [2.45, 2.75) is 90.9 Å².